The zero-order valence-electron chi connectivity index (χ0n) is 21.9. The minimum Gasteiger partial charge on any atom is -0.489 e. The molecule has 0 atom stereocenters. The van der Waals surface area contributed by atoms with Crippen molar-refractivity contribution < 1.29 is 19.5 Å². The van der Waals surface area contributed by atoms with E-state index in [0.717, 1.165) is 22.2 Å². The molecule has 10 heteroatoms. The summed E-state index contributed by atoms with van der Waals surface area (Å²) in [6, 6.07) is 16.9. The molecule has 0 radical (unpaired) electrons. The van der Waals surface area contributed by atoms with Crippen molar-refractivity contribution in [3.8, 4) is 5.75 Å². The second kappa shape index (κ2) is 11.7. The number of pyridine rings is 1. The number of para-hydroxylation sites is 1. The number of aryl methyl sites for hydroxylation is 1. The molecule has 2 aromatic carbocycles. The third kappa shape index (κ3) is 6.38. The SMILES string of the molecule is Cc1cc(COc2ccc(C(=O)NC3(CC(=O)NO)CCN(C(=S)N(C)C)CC3)cc2)c2ccccc2n1. The number of amides is 2. The van der Waals surface area contributed by atoms with Crippen LogP contribution in [0.3, 0.4) is 0 Å². The van der Waals surface area contributed by atoms with Gasteiger partial charge in [0.2, 0.25) is 5.91 Å². The lowest BCUT2D eigenvalue weighted by atomic mass is 9.83. The van der Waals surface area contributed by atoms with Gasteiger partial charge in [-0.15, -0.1) is 0 Å². The van der Waals surface area contributed by atoms with Gasteiger partial charge in [-0.05, 0) is 68.4 Å². The number of carbonyl (C=O) groups excluding carboxylic acids is 2. The summed E-state index contributed by atoms with van der Waals surface area (Å²) in [5, 5.41) is 13.9. The zero-order chi connectivity index (χ0) is 27.3. The number of hydrogen-bond donors (Lipinski definition) is 3. The molecule has 0 spiro atoms. The standard InChI is InChI=1S/C28H33N5O4S/c1-19-16-21(23-6-4-5-7-24(23)29-19)18-37-22-10-8-20(9-11-22)26(35)30-28(17-25(34)31-36)12-14-33(15-13-28)27(38)32(2)3/h4-11,16,36H,12-15,17-18H2,1-3H3,(H,30,35)(H,31,34). The average molecular weight is 536 g/mol. The number of fused-ring (bicyclic) bond motifs is 1. The molecule has 38 heavy (non-hydrogen) atoms. The number of piperidine rings is 1. The van der Waals surface area contributed by atoms with Crippen LogP contribution in [-0.2, 0) is 11.4 Å². The van der Waals surface area contributed by atoms with Crippen LogP contribution in [0.2, 0.25) is 0 Å². The van der Waals surface area contributed by atoms with Gasteiger partial charge in [-0.3, -0.25) is 19.8 Å². The smallest absolute Gasteiger partial charge is 0.251 e. The Bertz CT molecular complexity index is 1320. The van der Waals surface area contributed by atoms with Crippen LogP contribution in [0.1, 0.15) is 40.9 Å². The summed E-state index contributed by atoms with van der Waals surface area (Å²) in [7, 11) is 3.78. The van der Waals surface area contributed by atoms with E-state index < -0.39 is 11.4 Å². The first-order valence-electron chi connectivity index (χ1n) is 12.5. The minimum atomic E-state index is -0.794. The number of aromatic nitrogens is 1. The van der Waals surface area contributed by atoms with Crippen LogP contribution in [0, 0.1) is 6.92 Å². The molecule has 0 bridgehead atoms. The van der Waals surface area contributed by atoms with Crippen molar-refractivity contribution in [3.63, 3.8) is 0 Å². The van der Waals surface area contributed by atoms with Crippen LogP contribution < -0.4 is 15.5 Å². The summed E-state index contributed by atoms with van der Waals surface area (Å²) < 4.78 is 6.02. The number of carbonyl (C=O) groups is 2. The molecule has 0 aliphatic carbocycles. The molecule has 1 aliphatic rings. The fourth-order valence-corrected chi connectivity index (χ4v) is 4.98. The maximum absolute atomic E-state index is 13.2. The van der Waals surface area contributed by atoms with E-state index in [9.17, 15) is 9.59 Å². The van der Waals surface area contributed by atoms with Crippen molar-refractivity contribution in [2.75, 3.05) is 27.2 Å². The summed E-state index contributed by atoms with van der Waals surface area (Å²) in [6.07, 6.45) is 1.000. The minimum absolute atomic E-state index is 0.0295. The highest BCUT2D eigenvalue weighted by molar-refractivity contribution is 7.80. The third-order valence-electron chi connectivity index (χ3n) is 6.82. The topological polar surface area (TPSA) is 107 Å². The van der Waals surface area contributed by atoms with Gasteiger partial charge in [0.15, 0.2) is 5.11 Å². The highest BCUT2D eigenvalue weighted by Crippen LogP contribution is 2.28. The van der Waals surface area contributed by atoms with Crippen LogP contribution in [0.25, 0.3) is 10.9 Å². The van der Waals surface area contributed by atoms with Gasteiger partial charge in [0.05, 0.1) is 17.5 Å². The van der Waals surface area contributed by atoms with Crippen LogP contribution in [0.15, 0.2) is 54.6 Å². The Morgan fingerprint density at radius 3 is 2.47 bits per heavy atom. The fraction of sp³-hybridized carbons (Fsp3) is 0.357. The van der Waals surface area contributed by atoms with E-state index in [-0.39, 0.29) is 12.3 Å². The maximum atomic E-state index is 13.2. The number of nitrogens with one attached hydrogen (secondary N) is 2. The number of hydroxylamine groups is 1. The Morgan fingerprint density at radius 1 is 1.13 bits per heavy atom. The highest BCUT2D eigenvalue weighted by atomic mass is 32.1. The maximum Gasteiger partial charge on any atom is 0.251 e. The van der Waals surface area contributed by atoms with Gasteiger partial charge in [-0.25, -0.2) is 5.48 Å². The van der Waals surface area contributed by atoms with E-state index in [4.69, 9.17) is 22.2 Å². The summed E-state index contributed by atoms with van der Waals surface area (Å²) >= 11 is 5.47. The lowest BCUT2D eigenvalue weighted by Crippen LogP contribution is -2.58. The number of thiocarbonyl (C=S) groups is 1. The summed E-state index contributed by atoms with van der Waals surface area (Å²) in [4.78, 5) is 33.8. The molecule has 0 saturated carbocycles. The van der Waals surface area contributed by atoms with Gasteiger partial charge in [-0.1, -0.05) is 18.2 Å². The highest BCUT2D eigenvalue weighted by Gasteiger charge is 2.39. The van der Waals surface area contributed by atoms with E-state index in [1.165, 1.54) is 0 Å². The summed E-state index contributed by atoms with van der Waals surface area (Å²) in [5.74, 6) is -0.196. The van der Waals surface area contributed by atoms with E-state index in [0.29, 0.717) is 49.0 Å². The van der Waals surface area contributed by atoms with Crippen LogP contribution in [0.4, 0.5) is 0 Å². The Kier molecular flexibility index (Phi) is 8.43. The summed E-state index contributed by atoms with van der Waals surface area (Å²) in [6.45, 7) is 3.51. The van der Waals surface area contributed by atoms with Gasteiger partial charge >= 0.3 is 0 Å². The van der Waals surface area contributed by atoms with E-state index >= 15 is 0 Å². The van der Waals surface area contributed by atoms with Gasteiger partial charge in [0, 0.05) is 49.4 Å². The molecule has 2 amide bonds. The van der Waals surface area contributed by atoms with Gasteiger partial charge in [-0.2, -0.15) is 0 Å². The first kappa shape index (κ1) is 27.3. The molecule has 2 heterocycles. The molecule has 3 N–H and O–H groups in total. The molecule has 3 aromatic rings. The van der Waals surface area contributed by atoms with Crippen LogP contribution in [-0.4, -0.2) is 69.6 Å². The quantitative estimate of drug-likeness (QED) is 0.240. The van der Waals surface area contributed by atoms with Crippen molar-refractivity contribution in [1.82, 2.24) is 25.6 Å². The monoisotopic (exact) mass is 535 g/mol. The molecule has 9 nitrogen and oxygen atoms in total. The van der Waals surface area contributed by atoms with E-state index in [2.05, 4.69) is 15.2 Å². The number of rotatable bonds is 7. The second-order valence-corrected chi connectivity index (χ2v) is 10.2. The molecular weight excluding hydrogens is 502 g/mol. The van der Waals surface area contributed by atoms with Crippen molar-refractivity contribution in [2.45, 2.75) is 38.3 Å². The number of benzene rings is 2. The lowest BCUT2D eigenvalue weighted by Gasteiger charge is -2.43. The predicted octanol–water partition coefficient (Wildman–Crippen LogP) is 3.43. The van der Waals surface area contributed by atoms with Crippen molar-refractivity contribution >= 4 is 40.0 Å². The number of ether oxygens (including phenoxy) is 1. The van der Waals surface area contributed by atoms with Crippen molar-refractivity contribution in [3.05, 3.63) is 71.4 Å². The van der Waals surface area contributed by atoms with Gasteiger partial charge in [0.25, 0.3) is 5.91 Å². The van der Waals surface area contributed by atoms with Gasteiger partial charge in [0.1, 0.15) is 12.4 Å². The second-order valence-electron chi connectivity index (χ2n) is 9.86. The third-order valence-corrected chi connectivity index (χ3v) is 7.44. The molecule has 4 rings (SSSR count). The van der Waals surface area contributed by atoms with Crippen molar-refractivity contribution in [1.29, 1.82) is 0 Å². The molecule has 1 fully saturated rings. The largest absolute Gasteiger partial charge is 0.489 e. The Balaban J connectivity index is 1.42. The zero-order valence-corrected chi connectivity index (χ0v) is 22.7. The predicted molar refractivity (Wildman–Crippen MR) is 149 cm³/mol. The van der Waals surface area contributed by atoms with Crippen LogP contribution in [0.5, 0.6) is 5.75 Å². The van der Waals surface area contributed by atoms with Gasteiger partial charge < -0.3 is 19.9 Å². The fourth-order valence-electron chi connectivity index (χ4n) is 4.79. The van der Waals surface area contributed by atoms with Crippen LogP contribution >= 0.6 is 12.2 Å². The molecule has 1 saturated heterocycles. The molecule has 200 valence electrons. The molecule has 1 aliphatic heterocycles. The lowest BCUT2D eigenvalue weighted by molar-refractivity contribution is -0.131. The number of nitrogens with zero attached hydrogens (tertiary/aromatic N) is 3. The van der Waals surface area contributed by atoms with Crippen molar-refractivity contribution in [2.24, 2.45) is 0 Å². The summed E-state index contributed by atoms with van der Waals surface area (Å²) in [5.41, 5.74) is 4.25. The Morgan fingerprint density at radius 2 is 1.82 bits per heavy atom. The first-order valence-corrected chi connectivity index (χ1v) is 12.9. The molecule has 1 aromatic heterocycles. The molecular formula is C28H33N5O4S. The normalized spacial score (nSPS) is 14.6. The Labute approximate surface area is 227 Å². The van der Waals surface area contributed by atoms with E-state index in [1.54, 1.807) is 29.7 Å². The number of likely N-dealkylation sites (tertiary alicyclic amines) is 1. The Hall–Kier alpha value is -3.76. The van der Waals surface area contributed by atoms with E-state index in [1.807, 2.05) is 56.3 Å². The number of hydrogen-bond acceptors (Lipinski definition) is 6. The molecule has 0 unspecified atom stereocenters. The first-order chi connectivity index (χ1) is 18.2. The average Bonchev–Trinajstić information content (AvgIpc) is 2.91.